The van der Waals surface area contributed by atoms with Gasteiger partial charge in [-0.1, -0.05) is 23.8 Å². The van der Waals surface area contributed by atoms with E-state index in [1.807, 2.05) is 11.0 Å². The molecular weight excluding hydrogens is 324 g/mol. The molecule has 1 aromatic carbocycles. The average Bonchev–Trinajstić information content (AvgIpc) is 3.20. The number of nitrogens with zero attached hydrogens (tertiary/aromatic N) is 2. The number of fused-ring (bicyclic) bond motifs is 1. The molecule has 1 aromatic rings. The normalized spacial score (nSPS) is 26.1. The first kappa shape index (κ1) is 15.7. The molecule has 3 aliphatic rings. The zero-order valence-corrected chi connectivity index (χ0v) is 14.3. The van der Waals surface area contributed by atoms with Crippen LogP contribution < -0.4 is 4.90 Å². The van der Waals surface area contributed by atoms with Crippen LogP contribution in [0, 0.1) is 11.8 Å². The largest absolute Gasteiger partial charge is 0.338 e. The van der Waals surface area contributed by atoms with Gasteiger partial charge < -0.3 is 9.80 Å². The zero-order chi connectivity index (χ0) is 16.7. The van der Waals surface area contributed by atoms with Crippen molar-refractivity contribution in [1.82, 2.24) is 4.90 Å². The Labute approximate surface area is 147 Å². The molecule has 24 heavy (non-hydrogen) atoms. The Hall–Kier alpha value is -1.81. The number of amides is 2. The first-order valence-corrected chi connectivity index (χ1v) is 9.05. The summed E-state index contributed by atoms with van der Waals surface area (Å²) in [6.45, 7) is 2.32. The Balaban J connectivity index is 1.57. The zero-order valence-electron chi connectivity index (χ0n) is 13.6. The van der Waals surface area contributed by atoms with Crippen molar-refractivity contribution in [3.05, 3.63) is 40.9 Å². The fourth-order valence-corrected chi connectivity index (χ4v) is 4.32. The van der Waals surface area contributed by atoms with Crippen LogP contribution in [-0.4, -0.2) is 36.3 Å². The van der Waals surface area contributed by atoms with Crippen molar-refractivity contribution in [3.8, 4) is 0 Å². The number of carbonyl (C=O) groups is 2. The van der Waals surface area contributed by atoms with Gasteiger partial charge in [-0.3, -0.25) is 9.59 Å². The van der Waals surface area contributed by atoms with Gasteiger partial charge in [-0.25, -0.2) is 0 Å². The third-order valence-electron chi connectivity index (χ3n) is 5.47. The first-order valence-electron chi connectivity index (χ1n) is 8.67. The van der Waals surface area contributed by atoms with E-state index in [0.29, 0.717) is 35.4 Å². The molecule has 1 aliphatic carbocycles. The predicted octanol–water partition coefficient (Wildman–Crippen LogP) is 3.51. The van der Waals surface area contributed by atoms with Gasteiger partial charge in [0.1, 0.15) is 0 Å². The summed E-state index contributed by atoms with van der Waals surface area (Å²) in [7, 11) is 0. The third-order valence-corrected chi connectivity index (χ3v) is 5.80. The van der Waals surface area contributed by atoms with Gasteiger partial charge in [-0.05, 0) is 49.3 Å². The number of likely N-dealkylation sites (tertiary alicyclic amines) is 1. The molecule has 0 N–H and O–H groups in total. The van der Waals surface area contributed by atoms with Crippen molar-refractivity contribution in [2.75, 3.05) is 24.5 Å². The lowest BCUT2D eigenvalue weighted by Gasteiger charge is -2.20. The number of hydrogen-bond acceptors (Lipinski definition) is 2. The summed E-state index contributed by atoms with van der Waals surface area (Å²) in [5.74, 6) is 1.25. The second-order valence-electron chi connectivity index (χ2n) is 6.99. The minimum absolute atomic E-state index is 0.0112. The van der Waals surface area contributed by atoms with E-state index in [2.05, 4.69) is 12.2 Å². The molecule has 0 radical (unpaired) electrons. The number of hydrogen-bond donors (Lipinski definition) is 0. The Kier molecular flexibility index (Phi) is 4.09. The fraction of sp³-hybridized carbons (Fsp3) is 0.474. The van der Waals surface area contributed by atoms with Gasteiger partial charge in [-0.15, -0.1) is 0 Å². The van der Waals surface area contributed by atoms with Gasteiger partial charge in [0.25, 0.3) is 5.91 Å². The second kappa shape index (κ2) is 6.25. The van der Waals surface area contributed by atoms with E-state index in [-0.39, 0.29) is 11.8 Å². The minimum Gasteiger partial charge on any atom is -0.338 e. The van der Waals surface area contributed by atoms with Gasteiger partial charge in [0, 0.05) is 31.7 Å². The van der Waals surface area contributed by atoms with E-state index in [4.69, 9.17) is 11.6 Å². The molecule has 0 unspecified atom stereocenters. The Morgan fingerprint density at radius 1 is 1.12 bits per heavy atom. The van der Waals surface area contributed by atoms with E-state index in [1.54, 1.807) is 17.0 Å². The molecule has 0 saturated carbocycles. The quantitative estimate of drug-likeness (QED) is 0.770. The van der Waals surface area contributed by atoms with Crippen molar-refractivity contribution in [2.24, 2.45) is 11.8 Å². The molecule has 0 aromatic heterocycles. The summed E-state index contributed by atoms with van der Waals surface area (Å²) in [6, 6.07) is 5.35. The van der Waals surface area contributed by atoms with Crippen LogP contribution in [0.1, 0.15) is 36.0 Å². The number of benzene rings is 1. The van der Waals surface area contributed by atoms with Crippen molar-refractivity contribution in [1.29, 1.82) is 0 Å². The van der Waals surface area contributed by atoms with Crippen LogP contribution >= 0.6 is 11.6 Å². The number of rotatable bonds is 2. The molecule has 2 atom stereocenters. The lowest BCUT2D eigenvalue weighted by atomic mass is 9.86. The smallest absolute Gasteiger partial charge is 0.255 e. The summed E-state index contributed by atoms with van der Waals surface area (Å²) in [5.41, 5.74) is 1.30. The van der Waals surface area contributed by atoms with Gasteiger partial charge >= 0.3 is 0 Å². The molecule has 0 bridgehead atoms. The molecule has 126 valence electrons. The van der Waals surface area contributed by atoms with E-state index in [9.17, 15) is 9.59 Å². The van der Waals surface area contributed by atoms with Gasteiger partial charge in [-0.2, -0.15) is 0 Å². The second-order valence-corrected chi connectivity index (χ2v) is 7.39. The third kappa shape index (κ3) is 2.73. The van der Waals surface area contributed by atoms with Crippen LogP contribution in [0.15, 0.2) is 30.4 Å². The van der Waals surface area contributed by atoms with Crippen LogP contribution in [0.2, 0.25) is 5.02 Å². The Morgan fingerprint density at radius 2 is 1.83 bits per heavy atom. The van der Waals surface area contributed by atoms with E-state index < -0.39 is 0 Å². The van der Waals surface area contributed by atoms with Gasteiger partial charge in [0.05, 0.1) is 10.6 Å². The van der Waals surface area contributed by atoms with E-state index in [0.717, 1.165) is 38.0 Å². The summed E-state index contributed by atoms with van der Waals surface area (Å²) in [5, 5.41) is 0.461. The summed E-state index contributed by atoms with van der Waals surface area (Å²) < 4.78 is 0. The van der Waals surface area contributed by atoms with Crippen LogP contribution in [-0.2, 0) is 4.79 Å². The van der Waals surface area contributed by atoms with Crippen LogP contribution in [0.4, 0.5) is 5.69 Å². The molecule has 2 fully saturated rings. The lowest BCUT2D eigenvalue weighted by molar-refractivity contribution is -0.117. The SMILES string of the molecule is O=C(c1cc(N2CCCC2=O)ccc1Cl)N1C[C@@H]2CC=CC[C@H]2C1. The number of anilines is 1. The summed E-state index contributed by atoms with van der Waals surface area (Å²) in [4.78, 5) is 28.6. The summed E-state index contributed by atoms with van der Waals surface area (Å²) >= 11 is 6.30. The van der Waals surface area contributed by atoms with Gasteiger partial charge in [0.15, 0.2) is 0 Å². The molecule has 5 heteroatoms. The van der Waals surface area contributed by atoms with Crippen LogP contribution in [0.25, 0.3) is 0 Å². The van der Waals surface area contributed by atoms with E-state index >= 15 is 0 Å². The van der Waals surface area contributed by atoms with Crippen LogP contribution in [0.3, 0.4) is 0 Å². The van der Waals surface area contributed by atoms with Crippen molar-refractivity contribution < 1.29 is 9.59 Å². The monoisotopic (exact) mass is 344 g/mol. The average molecular weight is 345 g/mol. The number of allylic oxidation sites excluding steroid dienone is 2. The highest BCUT2D eigenvalue weighted by atomic mass is 35.5. The molecule has 4 rings (SSSR count). The Bertz CT molecular complexity index is 699. The van der Waals surface area contributed by atoms with Gasteiger partial charge in [0.2, 0.25) is 5.91 Å². The number of halogens is 1. The van der Waals surface area contributed by atoms with E-state index in [1.165, 1.54) is 0 Å². The predicted molar refractivity (Wildman–Crippen MR) is 94.3 cm³/mol. The molecule has 0 spiro atoms. The van der Waals surface area contributed by atoms with Crippen molar-refractivity contribution in [3.63, 3.8) is 0 Å². The highest BCUT2D eigenvalue weighted by Crippen LogP contribution is 2.35. The molecular formula is C19H21ClN2O2. The lowest BCUT2D eigenvalue weighted by Crippen LogP contribution is -2.30. The maximum atomic E-state index is 13.0. The highest BCUT2D eigenvalue weighted by molar-refractivity contribution is 6.34. The van der Waals surface area contributed by atoms with Crippen molar-refractivity contribution in [2.45, 2.75) is 25.7 Å². The standard InChI is InChI=1S/C19H21ClN2O2/c20-17-8-7-15(22-9-3-6-18(22)23)10-16(17)19(24)21-11-13-4-1-2-5-14(13)12-21/h1-2,7-8,10,13-14H,3-6,9,11-12H2/t13-,14-/m0/s1. The highest BCUT2D eigenvalue weighted by Gasteiger charge is 2.36. The Morgan fingerprint density at radius 3 is 2.46 bits per heavy atom. The summed E-state index contributed by atoms with van der Waals surface area (Å²) in [6.07, 6.45) is 8.01. The maximum Gasteiger partial charge on any atom is 0.255 e. The maximum absolute atomic E-state index is 13.0. The molecule has 2 saturated heterocycles. The molecule has 4 nitrogen and oxygen atoms in total. The minimum atomic E-state index is -0.0112. The molecule has 2 heterocycles. The topological polar surface area (TPSA) is 40.6 Å². The number of carbonyl (C=O) groups excluding carboxylic acids is 2. The molecule has 2 amide bonds. The first-order chi connectivity index (χ1) is 11.6. The van der Waals surface area contributed by atoms with Crippen LogP contribution in [0.5, 0.6) is 0 Å². The fourth-order valence-electron chi connectivity index (χ4n) is 4.12. The van der Waals surface area contributed by atoms with Crippen molar-refractivity contribution >= 4 is 29.1 Å². The molecule has 2 aliphatic heterocycles.